The zero-order valence-corrected chi connectivity index (χ0v) is 22.0. The first-order valence-corrected chi connectivity index (χ1v) is 13.2. The second kappa shape index (κ2) is 13.1. The summed E-state index contributed by atoms with van der Waals surface area (Å²) in [5, 5.41) is 20.7. The Morgan fingerprint density at radius 3 is 2.40 bits per heavy atom. The predicted molar refractivity (Wildman–Crippen MR) is 146 cm³/mol. The van der Waals surface area contributed by atoms with Crippen molar-refractivity contribution in [3.05, 3.63) is 83.8 Å². The van der Waals surface area contributed by atoms with Crippen molar-refractivity contribution in [2.75, 3.05) is 26.2 Å². The quantitative estimate of drug-likeness (QED) is 0.342. The molecule has 1 fully saturated rings. The first-order chi connectivity index (χ1) is 19.1. The number of aromatic hydroxyl groups is 1. The maximum atomic E-state index is 10.6. The van der Waals surface area contributed by atoms with Crippen molar-refractivity contribution in [2.45, 2.75) is 38.1 Å². The molecule has 1 aromatic heterocycles. The van der Waals surface area contributed by atoms with Crippen molar-refractivity contribution >= 4 is 5.97 Å². The van der Waals surface area contributed by atoms with Gasteiger partial charge in [-0.1, -0.05) is 48.6 Å². The largest absolute Gasteiger partial charge is 0.507 e. The normalized spacial score (nSPS) is 19.6. The van der Waals surface area contributed by atoms with Crippen LogP contribution in [0.5, 0.6) is 5.75 Å². The van der Waals surface area contributed by atoms with Crippen LogP contribution in [0.3, 0.4) is 0 Å². The number of para-hydroxylation sites is 1. The van der Waals surface area contributed by atoms with E-state index >= 15 is 0 Å². The number of allylic oxidation sites excluding steroid dienone is 1. The Morgan fingerprint density at radius 2 is 1.75 bits per heavy atom. The molecular formula is C29H34F3N5O3. The molecule has 0 spiro atoms. The van der Waals surface area contributed by atoms with Crippen LogP contribution >= 0.6 is 0 Å². The first kappa shape index (κ1) is 29.3. The molecule has 0 saturated carbocycles. The van der Waals surface area contributed by atoms with Crippen LogP contribution in [0.1, 0.15) is 17.0 Å². The van der Waals surface area contributed by atoms with E-state index in [9.17, 15) is 18.3 Å². The second-order valence-electron chi connectivity index (χ2n) is 10.0. The highest BCUT2D eigenvalue weighted by atomic mass is 19.4. The molecule has 0 bridgehead atoms. The molecule has 40 heavy (non-hydrogen) atoms. The molecule has 2 unspecified atom stereocenters. The number of aliphatic carboxylic acids is 1. The Hall–Kier alpha value is -3.67. The van der Waals surface area contributed by atoms with E-state index in [4.69, 9.17) is 20.6 Å². The third-order valence-corrected chi connectivity index (χ3v) is 7.03. The number of hydrogen-bond acceptors (Lipinski definition) is 6. The van der Waals surface area contributed by atoms with Gasteiger partial charge in [-0.3, -0.25) is 4.90 Å². The minimum atomic E-state index is -5.08. The minimum Gasteiger partial charge on any atom is -0.507 e. The van der Waals surface area contributed by atoms with E-state index in [1.54, 1.807) is 6.07 Å². The maximum absolute atomic E-state index is 10.6. The molecule has 11 heteroatoms. The minimum absolute atomic E-state index is 0.0507. The third kappa shape index (κ3) is 7.93. The summed E-state index contributed by atoms with van der Waals surface area (Å²) in [5.74, 6) is -1.23. The standard InChI is InChI=1S/C27H33N5O.C2HF3O2/c28-24-16-27-30-25(23-6-1-2-7-26(23)33)19-32(27)18-22(24)5-3-4-20-8-10-21(11-9-20)17-31-14-12-29-13-15-31;3-2(4,5)1(6)7/h1-3,5-11,19,22,24,29,33H,4,12-18,28H2;(H,6,7)/b5-3+;. The van der Waals surface area contributed by atoms with E-state index < -0.39 is 12.1 Å². The highest BCUT2D eigenvalue weighted by Gasteiger charge is 2.38. The average Bonchev–Trinajstić information content (AvgIpc) is 3.33. The Labute approximate surface area is 230 Å². The van der Waals surface area contributed by atoms with E-state index in [1.165, 1.54) is 11.1 Å². The van der Waals surface area contributed by atoms with Gasteiger partial charge in [-0.05, 0) is 29.7 Å². The SMILES string of the molecule is NC1Cc2nc(-c3ccccc3O)cn2CC1/C=C/Cc1ccc(CN2CCNCC2)cc1.O=C(O)C(F)(F)F. The number of aromatic nitrogens is 2. The number of nitrogens with zero attached hydrogens (tertiary/aromatic N) is 3. The number of carboxylic acid groups (broad SMARTS) is 1. The van der Waals surface area contributed by atoms with Crippen molar-refractivity contribution in [1.82, 2.24) is 19.8 Å². The summed E-state index contributed by atoms with van der Waals surface area (Å²) in [6.45, 7) is 6.27. The monoisotopic (exact) mass is 557 g/mol. The van der Waals surface area contributed by atoms with E-state index in [-0.39, 0.29) is 17.7 Å². The zero-order chi connectivity index (χ0) is 28.7. The molecule has 2 aliphatic rings. The molecule has 3 aromatic rings. The highest BCUT2D eigenvalue weighted by Crippen LogP contribution is 2.30. The summed E-state index contributed by atoms with van der Waals surface area (Å²) in [7, 11) is 0. The fourth-order valence-electron chi connectivity index (χ4n) is 4.81. The lowest BCUT2D eigenvalue weighted by Crippen LogP contribution is -2.42. The summed E-state index contributed by atoms with van der Waals surface area (Å²) in [5.41, 5.74) is 10.8. The van der Waals surface area contributed by atoms with E-state index in [1.807, 2.05) is 24.4 Å². The molecule has 5 N–H and O–H groups in total. The zero-order valence-electron chi connectivity index (χ0n) is 22.0. The van der Waals surface area contributed by atoms with Crippen molar-refractivity contribution < 1.29 is 28.2 Å². The number of imidazole rings is 1. The van der Waals surface area contributed by atoms with Gasteiger partial charge in [0.05, 0.1) is 5.69 Å². The Kier molecular flexibility index (Phi) is 9.62. The van der Waals surface area contributed by atoms with Crippen LogP contribution in [-0.4, -0.2) is 69.0 Å². The second-order valence-corrected chi connectivity index (χ2v) is 10.0. The number of rotatable bonds is 6. The number of carboxylic acids is 1. The van der Waals surface area contributed by atoms with Gasteiger partial charge in [0, 0.05) is 69.4 Å². The number of hydrogen-bond donors (Lipinski definition) is 4. The fraction of sp³-hybridized carbons (Fsp3) is 0.379. The fourth-order valence-corrected chi connectivity index (χ4v) is 4.81. The van der Waals surface area contributed by atoms with Gasteiger partial charge in [-0.2, -0.15) is 13.2 Å². The van der Waals surface area contributed by atoms with Gasteiger partial charge in [-0.15, -0.1) is 0 Å². The molecular weight excluding hydrogens is 523 g/mol. The summed E-state index contributed by atoms with van der Waals surface area (Å²) >= 11 is 0. The molecule has 0 amide bonds. The summed E-state index contributed by atoms with van der Waals surface area (Å²) in [6.07, 6.45) is 3.12. The molecule has 3 heterocycles. The molecule has 2 aromatic carbocycles. The van der Waals surface area contributed by atoms with Gasteiger partial charge in [0.1, 0.15) is 11.6 Å². The number of phenols is 1. The van der Waals surface area contributed by atoms with Gasteiger partial charge < -0.3 is 25.8 Å². The number of nitrogens with two attached hydrogens (primary N) is 1. The van der Waals surface area contributed by atoms with Crippen molar-refractivity contribution in [3.8, 4) is 17.0 Å². The summed E-state index contributed by atoms with van der Waals surface area (Å²) in [4.78, 5) is 16.1. The van der Waals surface area contributed by atoms with Gasteiger partial charge in [0.2, 0.25) is 0 Å². The topological polar surface area (TPSA) is 117 Å². The average molecular weight is 558 g/mol. The molecule has 5 rings (SSSR count). The maximum Gasteiger partial charge on any atom is 0.490 e. The number of alkyl halides is 3. The van der Waals surface area contributed by atoms with E-state index in [0.29, 0.717) is 0 Å². The van der Waals surface area contributed by atoms with Crippen LogP contribution in [-0.2, 0) is 30.7 Å². The summed E-state index contributed by atoms with van der Waals surface area (Å²) in [6, 6.07) is 16.4. The molecule has 2 atom stereocenters. The lowest BCUT2D eigenvalue weighted by molar-refractivity contribution is -0.192. The van der Waals surface area contributed by atoms with Gasteiger partial charge in [-0.25, -0.2) is 9.78 Å². The lowest BCUT2D eigenvalue weighted by atomic mass is 9.93. The number of nitrogens with one attached hydrogen (secondary N) is 1. The smallest absolute Gasteiger partial charge is 0.490 e. The first-order valence-electron chi connectivity index (χ1n) is 13.2. The number of benzene rings is 2. The molecule has 8 nitrogen and oxygen atoms in total. The van der Waals surface area contributed by atoms with Crippen LogP contribution in [0.25, 0.3) is 11.3 Å². The van der Waals surface area contributed by atoms with Gasteiger partial charge in [0.25, 0.3) is 0 Å². The lowest BCUT2D eigenvalue weighted by Gasteiger charge is -2.27. The van der Waals surface area contributed by atoms with Crippen molar-refractivity contribution in [2.24, 2.45) is 11.7 Å². The molecule has 214 valence electrons. The molecule has 0 aliphatic carbocycles. The number of halogens is 3. The number of phenolic OH excluding ortho intramolecular Hbond substituents is 1. The van der Waals surface area contributed by atoms with Gasteiger partial charge >= 0.3 is 12.1 Å². The third-order valence-electron chi connectivity index (χ3n) is 7.03. The van der Waals surface area contributed by atoms with E-state index in [0.717, 1.165) is 69.2 Å². The van der Waals surface area contributed by atoms with Crippen LogP contribution in [0.2, 0.25) is 0 Å². The number of fused-ring (bicyclic) bond motifs is 1. The van der Waals surface area contributed by atoms with Crippen LogP contribution in [0, 0.1) is 5.92 Å². The molecule has 2 aliphatic heterocycles. The van der Waals surface area contributed by atoms with E-state index in [2.05, 4.69) is 51.2 Å². The Bertz CT molecular complexity index is 1300. The number of carbonyl (C=O) groups is 1. The van der Waals surface area contributed by atoms with Crippen molar-refractivity contribution in [3.63, 3.8) is 0 Å². The summed E-state index contributed by atoms with van der Waals surface area (Å²) < 4.78 is 33.9. The Morgan fingerprint density at radius 1 is 1.10 bits per heavy atom. The molecule has 0 radical (unpaired) electrons. The van der Waals surface area contributed by atoms with Crippen LogP contribution in [0.15, 0.2) is 66.9 Å². The Balaban J connectivity index is 0.000000470. The van der Waals surface area contributed by atoms with Gasteiger partial charge in [0.15, 0.2) is 0 Å². The highest BCUT2D eigenvalue weighted by molar-refractivity contribution is 5.73. The van der Waals surface area contributed by atoms with Crippen molar-refractivity contribution in [1.29, 1.82) is 0 Å². The predicted octanol–water partition coefficient (Wildman–Crippen LogP) is 3.59. The van der Waals surface area contributed by atoms with Crippen LogP contribution in [0.4, 0.5) is 13.2 Å². The van der Waals surface area contributed by atoms with Crippen LogP contribution < -0.4 is 11.1 Å². The molecule has 1 saturated heterocycles. The number of piperazine rings is 1.